The van der Waals surface area contributed by atoms with Gasteiger partial charge in [-0.15, -0.1) is 11.3 Å². The van der Waals surface area contributed by atoms with Gasteiger partial charge < -0.3 is 5.11 Å². The van der Waals surface area contributed by atoms with Crippen LogP contribution in [0.15, 0.2) is 17.8 Å². The van der Waals surface area contributed by atoms with Gasteiger partial charge in [0.05, 0.1) is 22.0 Å². The Labute approximate surface area is 99.2 Å². The summed E-state index contributed by atoms with van der Waals surface area (Å²) in [6.45, 7) is 6.10. The Hall–Kier alpha value is -1.000. The molecule has 16 heavy (non-hydrogen) atoms. The lowest BCUT2D eigenvalue weighted by molar-refractivity contribution is 0.0631. The summed E-state index contributed by atoms with van der Waals surface area (Å²) in [6.07, 6.45) is 1.77. The molecule has 0 aliphatic rings. The summed E-state index contributed by atoms with van der Waals surface area (Å²) in [7, 11) is 0. The summed E-state index contributed by atoms with van der Waals surface area (Å²) < 4.78 is 1.09. The third kappa shape index (κ3) is 2.23. The second kappa shape index (κ2) is 4.11. The summed E-state index contributed by atoms with van der Waals surface area (Å²) in [4.78, 5) is 8.46. The largest absolute Gasteiger partial charge is 0.392 e. The molecule has 4 heteroatoms. The van der Waals surface area contributed by atoms with E-state index in [1.165, 1.54) is 0 Å². The van der Waals surface area contributed by atoms with Crippen LogP contribution in [0, 0.1) is 5.41 Å². The Bertz CT molecular complexity index is 487. The lowest BCUT2D eigenvalue weighted by Crippen LogP contribution is -2.28. The monoisotopic (exact) mass is 236 g/mol. The highest BCUT2D eigenvalue weighted by atomic mass is 32.1. The van der Waals surface area contributed by atoms with Crippen molar-refractivity contribution >= 4 is 21.6 Å². The van der Waals surface area contributed by atoms with Crippen molar-refractivity contribution in [2.24, 2.45) is 5.41 Å². The number of aliphatic hydroxyl groups is 1. The Morgan fingerprint density at radius 2 is 2.12 bits per heavy atom. The van der Waals surface area contributed by atoms with E-state index in [-0.39, 0.29) is 11.5 Å². The van der Waals surface area contributed by atoms with Crippen LogP contribution in [0.4, 0.5) is 0 Å². The highest BCUT2D eigenvalue weighted by molar-refractivity contribution is 7.17. The minimum Gasteiger partial charge on any atom is -0.392 e. The van der Waals surface area contributed by atoms with E-state index in [0.29, 0.717) is 6.42 Å². The van der Waals surface area contributed by atoms with Crippen LogP contribution in [0.2, 0.25) is 0 Å². The van der Waals surface area contributed by atoms with E-state index in [4.69, 9.17) is 0 Å². The molecule has 1 N–H and O–H groups in total. The molecule has 1 atom stereocenters. The topological polar surface area (TPSA) is 46.0 Å². The van der Waals surface area contributed by atoms with Gasteiger partial charge in [-0.25, -0.2) is 9.97 Å². The first-order valence-corrected chi connectivity index (χ1v) is 6.21. The predicted octanol–water partition coefficient (Wildman–Crippen LogP) is 2.64. The fraction of sp³-hybridized carbons (Fsp3) is 0.500. The van der Waals surface area contributed by atoms with Gasteiger partial charge in [0.15, 0.2) is 0 Å². The van der Waals surface area contributed by atoms with Crippen LogP contribution >= 0.6 is 11.3 Å². The lowest BCUT2D eigenvalue weighted by Gasteiger charge is -2.25. The molecule has 2 heterocycles. The molecule has 0 radical (unpaired) electrons. The van der Waals surface area contributed by atoms with Crippen LogP contribution in [0.25, 0.3) is 10.2 Å². The number of hydrogen-bond donors (Lipinski definition) is 1. The molecule has 1 unspecified atom stereocenters. The Balaban J connectivity index is 2.31. The van der Waals surface area contributed by atoms with Gasteiger partial charge in [-0.2, -0.15) is 0 Å². The highest BCUT2D eigenvalue weighted by Crippen LogP contribution is 2.26. The maximum atomic E-state index is 10.1. The van der Waals surface area contributed by atoms with Gasteiger partial charge in [-0.1, -0.05) is 20.8 Å². The predicted molar refractivity (Wildman–Crippen MR) is 66.6 cm³/mol. The van der Waals surface area contributed by atoms with Crippen LogP contribution < -0.4 is 0 Å². The lowest BCUT2D eigenvalue weighted by atomic mass is 9.86. The fourth-order valence-electron chi connectivity index (χ4n) is 1.47. The number of nitrogens with zero attached hydrogens (tertiary/aromatic N) is 2. The number of aliphatic hydroxyl groups excluding tert-OH is 1. The molecule has 2 aromatic rings. The van der Waals surface area contributed by atoms with Gasteiger partial charge in [0.2, 0.25) is 0 Å². The average Bonchev–Trinajstić information content (AvgIpc) is 2.65. The van der Waals surface area contributed by atoms with E-state index < -0.39 is 0 Å². The smallest absolute Gasteiger partial charge is 0.116 e. The molecule has 2 rings (SSSR count). The van der Waals surface area contributed by atoms with Gasteiger partial charge in [-0.3, -0.25) is 0 Å². The molecular weight excluding hydrogens is 220 g/mol. The van der Waals surface area contributed by atoms with Gasteiger partial charge in [-0.05, 0) is 16.9 Å². The molecule has 0 fully saturated rings. The molecule has 3 nitrogen and oxygen atoms in total. The summed E-state index contributed by atoms with van der Waals surface area (Å²) >= 11 is 1.63. The third-order valence-corrected chi connectivity index (χ3v) is 3.66. The van der Waals surface area contributed by atoms with E-state index in [2.05, 4.69) is 9.97 Å². The van der Waals surface area contributed by atoms with Gasteiger partial charge in [0.1, 0.15) is 6.33 Å². The molecule has 0 amide bonds. The van der Waals surface area contributed by atoms with Crippen molar-refractivity contribution in [3.8, 4) is 0 Å². The number of rotatable bonds is 2. The average molecular weight is 236 g/mol. The summed E-state index contributed by atoms with van der Waals surface area (Å²) in [5.41, 5.74) is 1.80. The number of aromatic nitrogens is 2. The first kappa shape index (κ1) is 11.5. The minimum absolute atomic E-state index is 0.117. The zero-order chi connectivity index (χ0) is 11.8. The van der Waals surface area contributed by atoms with Crippen LogP contribution in [0.3, 0.4) is 0 Å². The molecule has 0 saturated heterocycles. The van der Waals surface area contributed by atoms with Crippen LogP contribution in [-0.2, 0) is 6.42 Å². The molecule has 0 spiro atoms. The van der Waals surface area contributed by atoms with E-state index in [1.807, 2.05) is 32.2 Å². The maximum Gasteiger partial charge on any atom is 0.116 e. The fourth-order valence-corrected chi connectivity index (χ4v) is 2.32. The molecule has 0 aliphatic heterocycles. The second-order valence-corrected chi connectivity index (χ2v) is 5.96. The number of thiophene rings is 1. The van der Waals surface area contributed by atoms with Crippen molar-refractivity contribution in [1.29, 1.82) is 0 Å². The van der Waals surface area contributed by atoms with Crippen molar-refractivity contribution in [3.05, 3.63) is 23.5 Å². The summed E-state index contributed by atoms with van der Waals surface area (Å²) in [6, 6.07) is 1.98. The maximum absolute atomic E-state index is 10.1. The number of hydrogen-bond acceptors (Lipinski definition) is 4. The van der Waals surface area contributed by atoms with Crippen molar-refractivity contribution in [2.45, 2.75) is 33.3 Å². The van der Waals surface area contributed by atoms with Gasteiger partial charge in [0.25, 0.3) is 0 Å². The van der Waals surface area contributed by atoms with Crippen LogP contribution in [-0.4, -0.2) is 21.2 Å². The van der Waals surface area contributed by atoms with Gasteiger partial charge >= 0.3 is 0 Å². The number of fused-ring (bicyclic) bond motifs is 1. The minimum atomic E-state index is -0.382. The molecule has 0 saturated carbocycles. The summed E-state index contributed by atoms with van der Waals surface area (Å²) in [5, 5.41) is 12.1. The van der Waals surface area contributed by atoms with E-state index in [0.717, 1.165) is 15.9 Å². The van der Waals surface area contributed by atoms with Crippen molar-refractivity contribution in [2.75, 3.05) is 0 Å². The highest BCUT2D eigenvalue weighted by Gasteiger charge is 2.23. The first-order chi connectivity index (χ1) is 7.48. The quantitative estimate of drug-likeness (QED) is 0.872. The zero-order valence-corrected chi connectivity index (χ0v) is 10.6. The van der Waals surface area contributed by atoms with E-state index >= 15 is 0 Å². The molecule has 2 aromatic heterocycles. The zero-order valence-electron chi connectivity index (χ0n) is 9.77. The Kier molecular flexibility index (Phi) is 2.95. The van der Waals surface area contributed by atoms with Crippen LogP contribution in [0.5, 0.6) is 0 Å². The molecule has 0 bridgehead atoms. The SMILES string of the molecule is CC(C)(C)C(O)Cc1ncnc2ccsc12. The van der Waals surface area contributed by atoms with Crippen molar-refractivity contribution in [3.63, 3.8) is 0 Å². The van der Waals surface area contributed by atoms with Gasteiger partial charge in [0, 0.05) is 6.42 Å². The molecule has 0 aliphatic carbocycles. The van der Waals surface area contributed by atoms with Crippen molar-refractivity contribution < 1.29 is 5.11 Å². The first-order valence-electron chi connectivity index (χ1n) is 5.33. The molecule has 86 valence electrons. The molecular formula is C12H16N2OS. The van der Waals surface area contributed by atoms with Crippen LogP contribution in [0.1, 0.15) is 26.5 Å². The Morgan fingerprint density at radius 1 is 1.38 bits per heavy atom. The van der Waals surface area contributed by atoms with E-state index in [1.54, 1.807) is 17.7 Å². The van der Waals surface area contributed by atoms with E-state index in [9.17, 15) is 5.11 Å². The Morgan fingerprint density at radius 3 is 2.81 bits per heavy atom. The third-order valence-electron chi connectivity index (χ3n) is 2.70. The van der Waals surface area contributed by atoms with Crippen molar-refractivity contribution in [1.82, 2.24) is 9.97 Å². The normalized spacial score (nSPS) is 14.2. The second-order valence-electron chi connectivity index (χ2n) is 5.04. The molecule has 0 aromatic carbocycles. The standard InChI is InChI=1S/C12H16N2OS/c1-12(2,3)10(15)6-9-11-8(4-5-16-11)13-7-14-9/h4-5,7,10,15H,6H2,1-3H3. The summed E-state index contributed by atoms with van der Waals surface area (Å²) in [5.74, 6) is 0.